The monoisotopic (exact) mass is 375 g/mol. The van der Waals surface area contributed by atoms with Crippen LogP contribution in [0, 0.1) is 12.8 Å². The van der Waals surface area contributed by atoms with Gasteiger partial charge in [-0.05, 0) is 75.9 Å². The Morgan fingerprint density at radius 3 is 2.46 bits per heavy atom. The molecule has 0 spiro atoms. The summed E-state index contributed by atoms with van der Waals surface area (Å²) in [5, 5.41) is 6.38. The first-order chi connectivity index (χ1) is 13.5. The fourth-order valence-electron chi connectivity index (χ4n) is 3.49. The number of aromatic nitrogens is 2. The highest BCUT2D eigenvalue weighted by molar-refractivity contribution is 5.79. The molecular formula is C23H29N5. The van der Waals surface area contributed by atoms with Crippen LogP contribution in [0.1, 0.15) is 29.7 Å². The van der Waals surface area contributed by atoms with Crippen molar-refractivity contribution < 1.29 is 0 Å². The molecule has 2 aromatic heterocycles. The fourth-order valence-corrected chi connectivity index (χ4v) is 3.49. The predicted octanol–water partition coefficient (Wildman–Crippen LogP) is 4.67. The molecule has 1 aliphatic heterocycles. The number of likely N-dealkylation sites (tertiary alicyclic amines) is 1. The minimum Gasteiger partial charge on any atom is -0.347 e. The second-order valence-electron chi connectivity index (χ2n) is 7.32. The third-order valence-electron chi connectivity index (χ3n) is 5.27. The lowest BCUT2D eigenvalue weighted by atomic mass is 9.94. The number of aryl methyl sites for hydroxylation is 1. The van der Waals surface area contributed by atoms with E-state index in [1.54, 1.807) is 6.20 Å². The van der Waals surface area contributed by atoms with Gasteiger partial charge >= 0.3 is 0 Å². The molecule has 0 amide bonds. The molecule has 0 bridgehead atoms. The van der Waals surface area contributed by atoms with E-state index in [4.69, 9.17) is 4.98 Å². The maximum Gasteiger partial charge on any atom is 0.130 e. The molecule has 3 heterocycles. The molecule has 2 N–H and O–H groups in total. The van der Waals surface area contributed by atoms with Crippen molar-refractivity contribution in [1.82, 2.24) is 14.9 Å². The Balaban J connectivity index is 1.68. The van der Waals surface area contributed by atoms with Crippen LogP contribution in [0.15, 0.2) is 62.1 Å². The molecule has 5 nitrogen and oxygen atoms in total. The maximum absolute atomic E-state index is 4.73. The molecule has 0 aliphatic carbocycles. The lowest BCUT2D eigenvalue weighted by Crippen LogP contribution is -2.32. The first-order valence-corrected chi connectivity index (χ1v) is 9.63. The van der Waals surface area contributed by atoms with E-state index in [1.165, 1.54) is 0 Å². The van der Waals surface area contributed by atoms with Crippen LogP contribution in [0.2, 0.25) is 0 Å². The van der Waals surface area contributed by atoms with Gasteiger partial charge in [0.1, 0.15) is 11.6 Å². The zero-order valence-corrected chi connectivity index (χ0v) is 16.8. The van der Waals surface area contributed by atoms with Gasteiger partial charge in [0.25, 0.3) is 0 Å². The van der Waals surface area contributed by atoms with Crippen LogP contribution in [-0.2, 0) is 0 Å². The Kier molecular flexibility index (Phi) is 6.26. The Hall–Kier alpha value is -2.92. The molecule has 5 heteroatoms. The minimum atomic E-state index is 0.502. The molecule has 0 atom stereocenters. The summed E-state index contributed by atoms with van der Waals surface area (Å²) in [5.41, 5.74) is 4.88. The predicted molar refractivity (Wildman–Crippen MR) is 118 cm³/mol. The third-order valence-corrected chi connectivity index (χ3v) is 5.27. The Labute approximate surface area is 167 Å². The summed E-state index contributed by atoms with van der Waals surface area (Å²) in [6, 6.07) is 7.96. The van der Waals surface area contributed by atoms with Gasteiger partial charge in [0.2, 0.25) is 0 Å². The van der Waals surface area contributed by atoms with Gasteiger partial charge in [0, 0.05) is 34.6 Å². The summed E-state index contributed by atoms with van der Waals surface area (Å²) in [5.74, 6) is 2.09. The number of hydrogen-bond donors (Lipinski definition) is 2. The molecule has 146 valence electrons. The Bertz CT molecular complexity index is 861. The van der Waals surface area contributed by atoms with Crippen LogP contribution in [-0.4, -0.2) is 35.0 Å². The third kappa shape index (κ3) is 4.67. The van der Waals surface area contributed by atoms with E-state index < -0.39 is 0 Å². The van der Waals surface area contributed by atoms with Crippen molar-refractivity contribution in [1.29, 1.82) is 0 Å². The number of pyridine rings is 2. The van der Waals surface area contributed by atoms with E-state index in [0.29, 0.717) is 5.92 Å². The van der Waals surface area contributed by atoms with Crippen LogP contribution in [0.3, 0.4) is 0 Å². The molecule has 1 fully saturated rings. The zero-order chi connectivity index (χ0) is 20.1. The second kappa shape index (κ2) is 8.85. The van der Waals surface area contributed by atoms with Gasteiger partial charge in [-0.15, -0.1) is 0 Å². The molecular weight excluding hydrogens is 346 g/mol. The molecule has 1 saturated heterocycles. The Morgan fingerprint density at radius 1 is 1.14 bits per heavy atom. The van der Waals surface area contributed by atoms with Crippen LogP contribution < -0.4 is 10.6 Å². The van der Waals surface area contributed by atoms with Gasteiger partial charge in [-0.1, -0.05) is 19.7 Å². The number of piperidine rings is 1. The fraction of sp³-hybridized carbons (Fsp3) is 0.304. The Morgan fingerprint density at radius 2 is 1.86 bits per heavy atom. The van der Waals surface area contributed by atoms with Crippen LogP contribution in [0.5, 0.6) is 0 Å². The van der Waals surface area contributed by atoms with E-state index >= 15 is 0 Å². The van der Waals surface area contributed by atoms with Crippen LogP contribution >= 0.6 is 0 Å². The SMILES string of the molecule is C=CNc1ccc(C(=C)c2ccc(NC(=C)C3CCN(C)CC3)nc2C)cn1. The standard InChI is InChI=1S/C23H29N5/c1-6-24-22-9-7-20(15-25-22)16(2)21-8-10-23(27-18(21)4)26-17(3)19-11-13-28(5)14-12-19/h6-10,15,19H,1-3,11-14H2,4-5H3,(H,24,25)(H,26,27). The van der Waals surface area contributed by atoms with Gasteiger partial charge in [-0.3, -0.25) is 0 Å². The van der Waals surface area contributed by atoms with Crippen molar-refractivity contribution in [2.45, 2.75) is 19.8 Å². The summed E-state index contributed by atoms with van der Waals surface area (Å²) in [6.07, 6.45) is 5.69. The van der Waals surface area contributed by atoms with Crippen molar-refractivity contribution in [2.24, 2.45) is 5.92 Å². The summed E-state index contributed by atoms with van der Waals surface area (Å²) >= 11 is 0. The molecule has 28 heavy (non-hydrogen) atoms. The van der Waals surface area contributed by atoms with Gasteiger partial charge in [-0.25, -0.2) is 9.97 Å². The summed E-state index contributed by atoms with van der Waals surface area (Å²) < 4.78 is 0. The number of nitrogens with zero attached hydrogens (tertiary/aromatic N) is 3. The smallest absolute Gasteiger partial charge is 0.130 e. The molecule has 0 saturated carbocycles. The lowest BCUT2D eigenvalue weighted by molar-refractivity contribution is 0.239. The molecule has 0 aromatic carbocycles. The van der Waals surface area contributed by atoms with E-state index in [-0.39, 0.29) is 0 Å². The minimum absolute atomic E-state index is 0.502. The van der Waals surface area contributed by atoms with Gasteiger partial charge in [0.05, 0.1) is 0 Å². The van der Waals surface area contributed by atoms with Crippen molar-refractivity contribution in [3.63, 3.8) is 0 Å². The van der Waals surface area contributed by atoms with Crippen LogP contribution in [0.25, 0.3) is 5.57 Å². The number of anilines is 2. The molecule has 0 unspecified atom stereocenters. The first kappa shape index (κ1) is 19.8. The average Bonchev–Trinajstić information content (AvgIpc) is 2.69. The molecule has 0 radical (unpaired) electrons. The molecule has 3 rings (SSSR count). The van der Waals surface area contributed by atoms with Crippen molar-refractivity contribution >= 4 is 17.2 Å². The quantitative estimate of drug-likeness (QED) is 0.736. The van der Waals surface area contributed by atoms with E-state index in [1.807, 2.05) is 31.3 Å². The van der Waals surface area contributed by atoms with Gasteiger partial charge in [0.15, 0.2) is 0 Å². The van der Waals surface area contributed by atoms with E-state index in [2.05, 4.69) is 53.4 Å². The largest absolute Gasteiger partial charge is 0.347 e. The van der Waals surface area contributed by atoms with Crippen LogP contribution in [0.4, 0.5) is 11.6 Å². The number of rotatable bonds is 7. The van der Waals surface area contributed by atoms with E-state index in [0.717, 1.165) is 65.7 Å². The number of nitrogens with one attached hydrogen (secondary N) is 2. The summed E-state index contributed by atoms with van der Waals surface area (Å²) in [4.78, 5) is 11.5. The number of hydrogen-bond acceptors (Lipinski definition) is 5. The van der Waals surface area contributed by atoms with E-state index in [9.17, 15) is 0 Å². The lowest BCUT2D eigenvalue weighted by Gasteiger charge is -2.30. The number of allylic oxidation sites excluding steroid dienone is 1. The maximum atomic E-state index is 4.73. The average molecular weight is 376 g/mol. The van der Waals surface area contributed by atoms with Crippen molar-refractivity contribution in [3.05, 3.63) is 78.9 Å². The molecule has 2 aromatic rings. The first-order valence-electron chi connectivity index (χ1n) is 9.63. The summed E-state index contributed by atoms with van der Waals surface area (Å²) in [6.45, 7) is 16.4. The summed E-state index contributed by atoms with van der Waals surface area (Å²) in [7, 11) is 2.17. The highest BCUT2D eigenvalue weighted by Crippen LogP contribution is 2.27. The highest BCUT2D eigenvalue weighted by atomic mass is 15.1. The van der Waals surface area contributed by atoms with Crippen molar-refractivity contribution in [3.8, 4) is 0 Å². The second-order valence-corrected chi connectivity index (χ2v) is 7.32. The zero-order valence-electron chi connectivity index (χ0n) is 16.8. The topological polar surface area (TPSA) is 53.1 Å². The normalized spacial score (nSPS) is 15.1. The van der Waals surface area contributed by atoms with Gasteiger partial charge in [-0.2, -0.15) is 0 Å². The van der Waals surface area contributed by atoms with Gasteiger partial charge < -0.3 is 15.5 Å². The molecule has 1 aliphatic rings. The van der Waals surface area contributed by atoms with Crippen molar-refractivity contribution in [2.75, 3.05) is 30.8 Å². The highest BCUT2D eigenvalue weighted by Gasteiger charge is 2.19.